The number of nitrogens with one attached hydrogen (secondary N) is 1. The molecule has 0 bridgehead atoms. The van der Waals surface area contributed by atoms with E-state index in [9.17, 15) is 9.59 Å². The number of amides is 1. The second-order valence-corrected chi connectivity index (χ2v) is 4.95. The average molecular weight is 291 g/mol. The summed E-state index contributed by atoms with van der Waals surface area (Å²) in [6.45, 7) is 0.283. The van der Waals surface area contributed by atoms with Crippen molar-refractivity contribution in [1.82, 2.24) is 10.3 Å². The van der Waals surface area contributed by atoms with Crippen LogP contribution in [0.2, 0.25) is 5.15 Å². The van der Waals surface area contributed by atoms with Gasteiger partial charge in [0, 0.05) is 16.8 Å². The molecule has 0 unspecified atom stereocenters. The molecule has 1 aliphatic carbocycles. The van der Waals surface area contributed by atoms with Crippen molar-refractivity contribution in [3.8, 4) is 5.75 Å². The Morgan fingerprint density at radius 2 is 2.05 bits per heavy atom. The monoisotopic (exact) mass is 290 g/mol. The summed E-state index contributed by atoms with van der Waals surface area (Å²) in [5.41, 5.74) is 0.0349. The Labute approximate surface area is 119 Å². The van der Waals surface area contributed by atoms with Crippen molar-refractivity contribution in [3.63, 3.8) is 0 Å². The lowest BCUT2D eigenvalue weighted by Gasteiger charge is -2.11. The first kappa shape index (κ1) is 12.9. The minimum Gasteiger partial charge on any atom is -0.426 e. The van der Waals surface area contributed by atoms with Gasteiger partial charge in [0.1, 0.15) is 5.15 Å². The third-order valence-electron chi connectivity index (χ3n) is 3.11. The summed E-state index contributed by atoms with van der Waals surface area (Å²) >= 11 is 6.10. The van der Waals surface area contributed by atoms with E-state index in [-0.39, 0.29) is 35.0 Å². The fraction of sp³-hybridized carbons (Fsp3) is 0.214. The van der Waals surface area contributed by atoms with Crippen molar-refractivity contribution < 1.29 is 14.3 Å². The summed E-state index contributed by atoms with van der Waals surface area (Å²) in [4.78, 5) is 26.9. The molecule has 0 atom stereocenters. The van der Waals surface area contributed by atoms with E-state index in [0.717, 1.165) is 12.8 Å². The third kappa shape index (κ3) is 2.32. The molecule has 5 nitrogen and oxygen atoms in total. The summed E-state index contributed by atoms with van der Waals surface area (Å²) in [5, 5.41) is 4.23. The van der Waals surface area contributed by atoms with Gasteiger partial charge in [0.2, 0.25) is 0 Å². The Bertz CT molecular complexity index is 698. The highest BCUT2D eigenvalue weighted by Gasteiger charge is 2.27. The Hall–Kier alpha value is -2.14. The normalized spacial score (nSPS) is 14.1. The van der Waals surface area contributed by atoms with Crippen molar-refractivity contribution in [2.24, 2.45) is 0 Å². The minimum absolute atomic E-state index is 0.0349. The molecule has 6 heteroatoms. The highest BCUT2D eigenvalue weighted by molar-refractivity contribution is 6.35. The van der Waals surface area contributed by atoms with Crippen molar-refractivity contribution in [2.75, 3.05) is 0 Å². The van der Waals surface area contributed by atoms with Crippen LogP contribution in [0.4, 0.5) is 0 Å². The number of benzene rings is 1. The summed E-state index contributed by atoms with van der Waals surface area (Å²) in [6, 6.07) is 7.24. The number of hydrogen-bond acceptors (Lipinski definition) is 4. The molecule has 3 rings (SSSR count). The Balaban J connectivity index is 2.15. The number of nitrogens with zero attached hydrogens (tertiary/aromatic N) is 1. The predicted octanol–water partition coefficient (Wildman–Crippen LogP) is 2.32. The molecule has 2 aromatic rings. The number of carbonyl (C=O) groups is 2. The van der Waals surface area contributed by atoms with Crippen LogP contribution in [-0.2, 0) is 4.79 Å². The highest BCUT2D eigenvalue weighted by Crippen LogP contribution is 2.33. The summed E-state index contributed by atoms with van der Waals surface area (Å²) in [5.74, 6) is -0.241. The van der Waals surface area contributed by atoms with Gasteiger partial charge in [0.25, 0.3) is 12.4 Å². The van der Waals surface area contributed by atoms with Crippen molar-refractivity contribution in [3.05, 3.63) is 35.1 Å². The van der Waals surface area contributed by atoms with E-state index >= 15 is 0 Å². The molecular formula is C14H11ClN2O3. The number of halogens is 1. The number of aromatic nitrogens is 1. The first-order valence-corrected chi connectivity index (χ1v) is 6.58. The fourth-order valence-corrected chi connectivity index (χ4v) is 2.25. The SMILES string of the molecule is O=COc1c(C(=O)NC2CC2)nc(Cl)c2ccccc12. The van der Waals surface area contributed by atoms with Crippen LogP contribution < -0.4 is 10.1 Å². The maximum atomic E-state index is 12.2. The van der Waals surface area contributed by atoms with Crippen LogP contribution in [0.15, 0.2) is 24.3 Å². The van der Waals surface area contributed by atoms with E-state index in [0.29, 0.717) is 10.8 Å². The number of hydrogen-bond donors (Lipinski definition) is 1. The van der Waals surface area contributed by atoms with E-state index in [1.165, 1.54) is 0 Å². The van der Waals surface area contributed by atoms with Crippen LogP contribution in [0.25, 0.3) is 10.8 Å². The van der Waals surface area contributed by atoms with Gasteiger partial charge in [-0.3, -0.25) is 9.59 Å². The van der Waals surface area contributed by atoms with Crippen LogP contribution >= 0.6 is 11.6 Å². The average Bonchev–Trinajstić information content (AvgIpc) is 3.26. The summed E-state index contributed by atoms with van der Waals surface area (Å²) in [6.07, 6.45) is 1.91. The zero-order chi connectivity index (χ0) is 14.1. The maximum absolute atomic E-state index is 12.2. The van der Waals surface area contributed by atoms with Crippen LogP contribution in [0.3, 0.4) is 0 Å². The summed E-state index contributed by atoms with van der Waals surface area (Å²) < 4.78 is 4.97. The lowest BCUT2D eigenvalue weighted by atomic mass is 10.1. The van der Waals surface area contributed by atoms with Crippen LogP contribution in [0, 0.1) is 0 Å². The van der Waals surface area contributed by atoms with E-state index in [4.69, 9.17) is 16.3 Å². The number of carbonyl (C=O) groups excluding carboxylic acids is 2. The zero-order valence-corrected chi connectivity index (χ0v) is 11.2. The number of ether oxygens (including phenoxy) is 1. The van der Waals surface area contributed by atoms with Gasteiger partial charge in [-0.25, -0.2) is 4.98 Å². The van der Waals surface area contributed by atoms with Crippen molar-refractivity contribution >= 4 is 34.8 Å². The molecule has 102 valence electrons. The van der Waals surface area contributed by atoms with Gasteiger partial charge >= 0.3 is 0 Å². The molecule has 0 aliphatic heterocycles. The molecule has 1 N–H and O–H groups in total. The largest absolute Gasteiger partial charge is 0.426 e. The van der Waals surface area contributed by atoms with Crippen LogP contribution in [-0.4, -0.2) is 23.4 Å². The topological polar surface area (TPSA) is 68.3 Å². The molecule has 1 aliphatic rings. The molecule has 0 spiro atoms. The number of fused-ring (bicyclic) bond motifs is 1. The second-order valence-electron chi connectivity index (χ2n) is 4.59. The summed E-state index contributed by atoms with van der Waals surface area (Å²) in [7, 11) is 0. The lowest BCUT2D eigenvalue weighted by molar-refractivity contribution is -0.120. The van der Waals surface area contributed by atoms with Gasteiger partial charge in [-0.2, -0.15) is 0 Å². The molecule has 1 aromatic heterocycles. The van der Waals surface area contributed by atoms with Gasteiger partial charge in [-0.1, -0.05) is 35.9 Å². The first-order valence-electron chi connectivity index (χ1n) is 6.20. The number of pyridine rings is 1. The van der Waals surface area contributed by atoms with Crippen LogP contribution in [0.1, 0.15) is 23.3 Å². The Morgan fingerprint density at radius 1 is 1.35 bits per heavy atom. The van der Waals surface area contributed by atoms with E-state index in [1.54, 1.807) is 24.3 Å². The smallest absolute Gasteiger partial charge is 0.298 e. The quantitative estimate of drug-likeness (QED) is 0.693. The van der Waals surface area contributed by atoms with Crippen molar-refractivity contribution in [1.29, 1.82) is 0 Å². The predicted molar refractivity (Wildman–Crippen MR) is 73.9 cm³/mol. The third-order valence-corrected chi connectivity index (χ3v) is 3.40. The van der Waals surface area contributed by atoms with Gasteiger partial charge in [0.15, 0.2) is 11.4 Å². The molecular weight excluding hydrogens is 280 g/mol. The van der Waals surface area contributed by atoms with Gasteiger partial charge in [-0.05, 0) is 12.8 Å². The minimum atomic E-state index is -0.378. The molecule has 0 radical (unpaired) electrons. The van der Waals surface area contributed by atoms with E-state index < -0.39 is 0 Å². The lowest BCUT2D eigenvalue weighted by Crippen LogP contribution is -2.27. The van der Waals surface area contributed by atoms with E-state index in [2.05, 4.69) is 10.3 Å². The van der Waals surface area contributed by atoms with E-state index in [1.807, 2.05) is 0 Å². The number of rotatable bonds is 4. The van der Waals surface area contributed by atoms with Crippen molar-refractivity contribution in [2.45, 2.75) is 18.9 Å². The Morgan fingerprint density at radius 3 is 2.70 bits per heavy atom. The molecule has 1 heterocycles. The molecule has 1 fully saturated rings. The standard InChI is InChI=1S/C14H11ClN2O3/c15-13-10-4-2-1-3-9(10)12(20-7-18)11(17-13)14(19)16-8-5-6-8/h1-4,7-8H,5-6H2,(H,16,19). The molecule has 1 aromatic carbocycles. The molecule has 20 heavy (non-hydrogen) atoms. The van der Waals surface area contributed by atoms with Crippen LogP contribution in [0.5, 0.6) is 5.75 Å². The van der Waals surface area contributed by atoms with Gasteiger partial charge in [0.05, 0.1) is 0 Å². The van der Waals surface area contributed by atoms with Gasteiger partial charge in [-0.15, -0.1) is 0 Å². The highest BCUT2D eigenvalue weighted by atomic mass is 35.5. The first-order chi connectivity index (χ1) is 9.70. The maximum Gasteiger partial charge on any atom is 0.298 e. The van der Waals surface area contributed by atoms with Gasteiger partial charge < -0.3 is 10.1 Å². The molecule has 1 saturated carbocycles. The molecule has 1 amide bonds. The fourth-order valence-electron chi connectivity index (χ4n) is 2.00. The molecule has 0 saturated heterocycles. The second kappa shape index (κ2) is 5.09. The zero-order valence-electron chi connectivity index (χ0n) is 10.4. The Kier molecular flexibility index (Phi) is 3.28.